The smallest absolute Gasteiger partial charge is 0.415 e. The van der Waals surface area contributed by atoms with E-state index in [0.717, 1.165) is 27.0 Å². The number of rotatable bonds is 3. The van der Waals surface area contributed by atoms with Crippen molar-refractivity contribution in [1.29, 1.82) is 0 Å². The van der Waals surface area contributed by atoms with Gasteiger partial charge in [-0.3, -0.25) is 10.00 Å². The zero-order chi connectivity index (χ0) is 17.2. The summed E-state index contributed by atoms with van der Waals surface area (Å²) in [4.78, 5) is 14.4. The summed E-state index contributed by atoms with van der Waals surface area (Å²) in [6.45, 7) is 9.93. The van der Waals surface area contributed by atoms with Gasteiger partial charge < -0.3 is 4.74 Å². The highest BCUT2D eigenvalue weighted by molar-refractivity contribution is 9.10. The second-order valence-electron chi connectivity index (χ2n) is 6.54. The van der Waals surface area contributed by atoms with Crippen LogP contribution in [-0.2, 0) is 11.3 Å². The van der Waals surface area contributed by atoms with Crippen LogP contribution in [0.2, 0.25) is 0 Å². The van der Waals surface area contributed by atoms with Gasteiger partial charge in [-0.05, 0) is 63.9 Å². The first kappa shape index (κ1) is 17.5. The number of aryl methyl sites for hydroxylation is 2. The van der Waals surface area contributed by atoms with Crippen LogP contribution in [0.4, 0.5) is 10.5 Å². The van der Waals surface area contributed by atoms with Crippen molar-refractivity contribution in [2.75, 3.05) is 4.90 Å². The lowest BCUT2D eigenvalue weighted by molar-refractivity contribution is 0.0576. The molecule has 5 nitrogen and oxygen atoms in total. The van der Waals surface area contributed by atoms with Crippen LogP contribution in [-0.4, -0.2) is 21.9 Å². The number of amides is 1. The Labute approximate surface area is 145 Å². The van der Waals surface area contributed by atoms with Gasteiger partial charge in [0.1, 0.15) is 5.60 Å². The Kier molecular flexibility index (Phi) is 5.14. The summed E-state index contributed by atoms with van der Waals surface area (Å²) in [6.07, 6.45) is 1.30. The van der Waals surface area contributed by atoms with Crippen molar-refractivity contribution in [3.63, 3.8) is 0 Å². The van der Waals surface area contributed by atoms with Gasteiger partial charge in [0.05, 0.1) is 17.9 Å². The van der Waals surface area contributed by atoms with Crippen LogP contribution >= 0.6 is 15.9 Å². The molecule has 0 radical (unpaired) electrons. The summed E-state index contributed by atoms with van der Waals surface area (Å²) in [5.74, 6) is 0. The van der Waals surface area contributed by atoms with E-state index >= 15 is 0 Å². The van der Waals surface area contributed by atoms with Crippen LogP contribution in [0.25, 0.3) is 0 Å². The summed E-state index contributed by atoms with van der Waals surface area (Å²) >= 11 is 3.49. The predicted molar refractivity (Wildman–Crippen MR) is 94.6 cm³/mol. The Morgan fingerprint density at radius 3 is 2.39 bits per heavy atom. The SMILES string of the molecule is Cc1cc(Br)cc(C)c1N(Cc1ccn[nH]1)C(=O)OC(C)(C)C. The number of nitrogens with one attached hydrogen (secondary N) is 1. The number of hydrogen-bond donors (Lipinski definition) is 1. The van der Waals surface area contributed by atoms with E-state index in [1.165, 1.54) is 0 Å². The number of carbonyl (C=O) groups is 1. The molecule has 2 aromatic rings. The van der Waals surface area contributed by atoms with Gasteiger partial charge in [0, 0.05) is 10.7 Å². The van der Waals surface area contributed by atoms with Crippen LogP contribution in [0.3, 0.4) is 0 Å². The maximum absolute atomic E-state index is 12.7. The van der Waals surface area contributed by atoms with Gasteiger partial charge in [-0.1, -0.05) is 15.9 Å². The Balaban J connectivity index is 2.43. The number of nitrogens with zero attached hydrogens (tertiary/aromatic N) is 2. The molecule has 23 heavy (non-hydrogen) atoms. The van der Waals surface area contributed by atoms with E-state index in [4.69, 9.17) is 4.74 Å². The van der Waals surface area contributed by atoms with Crippen molar-refractivity contribution in [2.45, 2.75) is 46.8 Å². The topological polar surface area (TPSA) is 58.2 Å². The quantitative estimate of drug-likeness (QED) is 0.838. The third kappa shape index (κ3) is 4.58. The van der Waals surface area contributed by atoms with Crippen molar-refractivity contribution in [1.82, 2.24) is 10.2 Å². The van der Waals surface area contributed by atoms with Gasteiger partial charge in [0.2, 0.25) is 0 Å². The Bertz CT molecular complexity index is 667. The minimum Gasteiger partial charge on any atom is -0.443 e. The maximum Gasteiger partial charge on any atom is 0.415 e. The highest BCUT2D eigenvalue weighted by atomic mass is 79.9. The fourth-order valence-electron chi connectivity index (χ4n) is 2.42. The molecule has 2 rings (SSSR count). The molecule has 1 aromatic carbocycles. The molecule has 0 aliphatic rings. The number of halogens is 1. The Hall–Kier alpha value is -1.82. The van der Waals surface area contributed by atoms with Gasteiger partial charge in [-0.15, -0.1) is 0 Å². The molecule has 0 atom stereocenters. The molecule has 1 N–H and O–H groups in total. The van der Waals surface area contributed by atoms with Crippen molar-refractivity contribution >= 4 is 27.7 Å². The molecule has 0 bridgehead atoms. The molecule has 0 saturated heterocycles. The average Bonchev–Trinajstić information content (AvgIpc) is 2.87. The highest BCUT2D eigenvalue weighted by Gasteiger charge is 2.26. The van der Waals surface area contributed by atoms with Gasteiger partial charge in [-0.25, -0.2) is 4.79 Å². The van der Waals surface area contributed by atoms with E-state index in [-0.39, 0.29) is 6.09 Å². The largest absolute Gasteiger partial charge is 0.443 e. The van der Waals surface area contributed by atoms with E-state index in [2.05, 4.69) is 26.1 Å². The number of hydrogen-bond acceptors (Lipinski definition) is 3. The number of anilines is 1. The first-order valence-electron chi connectivity index (χ1n) is 7.43. The average molecular weight is 380 g/mol. The molecule has 0 unspecified atom stereocenters. The minimum absolute atomic E-state index is 0.373. The fraction of sp³-hybridized carbons (Fsp3) is 0.412. The molecule has 0 aliphatic heterocycles. The van der Waals surface area contributed by atoms with E-state index < -0.39 is 5.60 Å². The lowest BCUT2D eigenvalue weighted by atomic mass is 10.1. The van der Waals surface area contributed by atoms with Crippen molar-refractivity contribution in [2.24, 2.45) is 0 Å². The normalized spacial score (nSPS) is 11.4. The number of carbonyl (C=O) groups excluding carboxylic acids is 1. The number of aromatic amines is 1. The number of aromatic nitrogens is 2. The van der Waals surface area contributed by atoms with E-state index in [1.807, 2.05) is 52.8 Å². The van der Waals surface area contributed by atoms with Gasteiger partial charge >= 0.3 is 6.09 Å². The first-order valence-corrected chi connectivity index (χ1v) is 8.22. The lowest BCUT2D eigenvalue weighted by Crippen LogP contribution is -2.37. The highest BCUT2D eigenvalue weighted by Crippen LogP contribution is 2.30. The van der Waals surface area contributed by atoms with Crippen molar-refractivity contribution < 1.29 is 9.53 Å². The van der Waals surface area contributed by atoms with Crippen LogP contribution < -0.4 is 4.90 Å². The third-order valence-electron chi connectivity index (χ3n) is 3.23. The molecule has 1 amide bonds. The number of ether oxygens (including phenoxy) is 1. The molecule has 124 valence electrons. The molecule has 1 heterocycles. The zero-order valence-corrected chi connectivity index (χ0v) is 15.7. The Morgan fingerprint density at radius 2 is 1.91 bits per heavy atom. The second kappa shape index (κ2) is 6.74. The molecule has 1 aromatic heterocycles. The molecule has 0 fully saturated rings. The van der Waals surface area contributed by atoms with E-state index in [0.29, 0.717) is 6.54 Å². The summed E-state index contributed by atoms with van der Waals surface area (Å²) in [7, 11) is 0. The fourth-order valence-corrected chi connectivity index (χ4v) is 3.11. The van der Waals surface area contributed by atoms with Crippen LogP contribution in [0.1, 0.15) is 37.6 Å². The summed E-state index contributed by atoms with van der Waals surface area (Å²) in [5.41, 5.74) is 3.15. The molecule has 0 spiro atoms. The Morgan fingerprint density at radius 1 is 1.30 bits per heavy atom. The molecular formula is C17H22BrN3O2. The van der Waals surface area contributed by atoms with Crippen LogP contribution in [0.5, 0.6) is 0 Å². The van der Waals surface area contributed by atoms with E-state index in [9.17, 15) is 4.79 Å². The van der Waals surface area contributed by atoms with Gasteiger partial charge in [-0.2, -0.15) is 5.10 Å². The number of H-pyrrole nitrogens is 1. The monoisotopic (exact) mass is 379 g/mol. The lowest BCUT2D eigenvalue weighted by Gasteiger charge is -2.29. The summed E-state index contributed by atoms with van der Waals surface area (Å²) in [6, 6.07) is 5.83. The van der Waals surface area contributed by atoms with Crippen molar-refractivity contribution in [3.05, 3.63) is 45.7 Å². The first-order chi connectivity index (χ1) is 10.7. The van der Waals surface area contributed by atoms with Crippen LogP contribution in [0.15, 0.2) is 28.9 Å². The standard InChI is InChI=1S/C17H22BrN3O2/c1-11-8-13(18)9-12(2)15(11)21(10-14-6-7-19-20-14)16(22)23-17(3,4)5/h6-9H,10H2,1-5H3,(H,19,20). The summed E-state index contributed by atoms with van der Waals surface area (Å²) < 4.78 is 6.57. The second-order valence-corrected chi connectivity index (χ2v) is 7.45. The predicted octanol–water partition coefficient (Wildman–Crippen LogP) is 4.73. The number of benzene rings is 1. The minimum atomic E-state index is -0.555. The molecule has 6 heteroatoms. The zero-order valence-electron chi connectivity index (χ0n) is 14.1. The summed E-state index contributed by atoms with van der Waals surface area (Å²) in [5, 5.41) is 6.85. The molecule has 0 aliphatic carbocycles. The van der Waals surface area contributed by atoms with Gasteiger partial charge in [0.15, 0.2) is 0 Å². The molecular weight excluding hydrogens is 358 g/mol. The molecule has 0 saturated carbocycles. The third-order valence-corrected chi connectivity index (χ3v) is 3.68. The maximum atomic E-state index is 12.7. The van der Waals surface area contributed by atoms with Crippen molar-refractivity contribution in [3.8, 4) is 0 Å². The van der Waals surface area contributed by atoms with Gasteiger partial charge in [0.25, 0.3) is 0 Å². The van der Waals surface area contributed by atoms with Crippen LogP contribution in [0, 0.1) is 13.8 Å². The van der Waals surface area contributed by atoms with E-state index in [1.54, 1.807) is 11.1 Å².